The van der Waals surface area contributed by atoms with E-state index in [-0.39, 0.29) is 24.0 Å². The Labute approximate surface area is 188 Å². The Morgan fingerprint density at radius 3 is 2.25 bits per heavy atom. The van der Waals surface area contributed by atoms with Crippen LogP contribution in [0.15, 0.2) is 4.99 Å². The fraction of sp³-hybridized carbons (Fsp3) is 0.900. The van der Waals surface area contributed by atoms with Crippen molar-refractivity contribution in [2.24, 2.45) is 10.4 Å². The van der Waals surface area contributed by atoms with Crippen LogP contribution in [0.1, 0.15) is 67.2 Å². The Hall–Kier alpha value is -0.770. The number of amides is 1. The molecule has 1 saturated carbocycles. The molecule has 0 aromatic carbocycles. The summed E-state index contributed by atoms with van der Waals surface area (Å²) in [7, 11) is 1.76. The third kappa shape index (κ3) is 10.7. The van der Waals surface area contributed by atoms with Crippen LogP contribution in [0.5, 0.6) is 0 Å². The number of methoxy groups -OCH3 is 1. The van der Waals surface area contributed by atoms with Crippen molar-refractivity contribution in [3.8, 4) is 0 Å². The van der Waals surface area contributed by atoms with Gasteiger partial charge in [-0.15, -0.1) is 24.0 Å². The van der Waals surface area contributed by atoms with Crippen LogP contribution in [0.2, 0.25) is 0 Å². The molecule has 0 saturated heterocycles. The lowest BCUT2D eigenvalue weighted by Crippen LogP contribution is -2.50. The van der Waals surface area contributed by atoms with Gasteiger partial charge in [-0.1, -0.05) is 6.42 Å². The van der Waals surface area contributed by atoms with Crippen LogP contribution >= 0.6 is 24.0 Å². The highest BCUT2D eigenvalue weighted by molar-refractivity contribution is 14.0. The van der Waals surface area contributed by atoms with E-state index in [1.807, 2.05) is 41.5 Å². The van der Waals surface area contributed by atoms with Crippen molar-refractivity contribution in [1.29, 1.82) is 0 Å². The molecule has 0 aliphatic heterocycles. The summed E-state index contributed by atoms with van der Waals surface area (Å²) in [5, 5.41) is 9.66. The number of ether oxygens (including phenoxy) is 2. The molecule has 166 valence electrons. The van der Waals surface area contributed by atoms with Gasteiger partial charge < -0.3 is 25.4 Å². The third-order valence-electron chi connectivity index (χ3n) is 4.70. The minimum absolute atomic E-state index is 0. The molecule has 0 radical (unpaired) electrons. The summed E-state index contributed by atoms with van der Waals surface area (Å²) in [6, 6.07) is 0. The van der Waals surface area contributed by atoms with Gasteiger partial charge in [0.15, 0.2) is 5.96 Å². The number of alkyl carbamates (subject to hydrolysis) is 1. The molecule has 0 bridgehead atoms. The first-order chi connectivity index (χ1) is 12.5. The molecule has 1 amide bonds. The SMILES string of the molecule is CCNC(=NCC(C)(C)NC(=O)OC(C)(C)C)NCC1(CCOC)CCC1.I. The highest BCUT2D eigenvalue weighted by atomic mass is 127. The number of carbonyl (C=O) groups excluding carboxylic acids is 1. The van der Waals surface area contributed by atoms with Gasteiger partial charge in [0, 0.05) is 26.8 Å². The van der Waals surface area contributed by atoms with E-state index in [0.29, 0.717) is 12.0 Å². The number of rotatable bonds is 9. The summed E-state index contributed by atoms with van der Waals surface area (Å²) >= 11 is 0. The van der Waals surface area contributed by atoms with Crippen LogP contribution in [-0.4, -0.2) is 56.5 Å². The van der Waals surface area contributed by atoms with E-state index in [1.54, 1.807) is 7.11 Å². The average Bonchev–Trinajstić information content (AvgIpc) is 2.48. The van der Waals surface area contributed by atoms with E-state index in [2.05, 4.69) is 20.9 Å². The van der Waals surface area contributed by atoms with Crippen LogP contribution in [0.25, 0.3) is 0 Å². The maximum atomic E-state index is 12.0. The Bertz CT molecular complexity index is 500. The molecule has 1 rings (SSSR count). The van der Waals surface area contributed by atoms with E-state index < -0.39 is 17.2 Å². The summed E-state index contributed by atoms with van der Waals surface area (Å²) in [5.74, 6) is 0.778. The van der Waals surface area contributed by atoms with Gasteiger partial charge in [-0.3, -0.25) is 4.99 Å². The average molecular weight is 512 g/mol. The lowest BCUT2D eigenvalue weighted by atomic mass is 9.67. The van der Waals surface area contributed by atoms with Gasteiger partial charge in [0.25, 0.3) is 0 Å². The van der Waals surface area contributed by atoms with Crippen LogP contribution in [0.4, 0.5) is 4.79 Å². The second-order valence-corrected chi connectivity index (χ2v) is 9.16. The summed E-state index contributed by atoms with van der Waals surface area (Å²) in [6.07, 6.45) is 4.39. The van der Waals surface area contributed by atoms with Crippen molar-refractivity contribution < 1.29 is 14.3 Å². The maximum absolute atomic E-state index is 12.0. The Morgan fingerprint density at radius 2 is 1.79 bits per heavy atom. The fourth-order valence-electron chi connectivity index (χ4n) is 3.02. The highest BCUT2D eigenvalue weighted by Gasteiger charge is 2.36. The highest BCUT2D eigenvalue weighted by Crippen LogP contribution is 2.43. The molecule has 0 aromatic heterocycles. The smallest absolute Gasteiger partial charge is 0.408 e. The van der Waals surface area contributed by atoms with Crippen molar-refractivity contribution in [3.05, 3.63) is 0 Å². The van der Waals surface area contributed by atoms with Gasteiger partial charge >= 0.3 is 6.09 Å². The van der Waals surface area contributed by atoms with Crippen molar-refractivity contribution in [1.82, 2.24) is 16.0 Å². The molecule has 1 aliphatic rings. The quantitative estimate of drug-likeness (QED) is 0.250. The van der Waals surface area contributed by atoms with E-state index in [0.717, 1.165) is 32.1 Å². The topological polar surface area (TPSA) is 84.0 Å². The Kier molecular flexibility index (Phi) is 11.7. The molecule has 0 unspecified atom stereocenters. The van der Waals surface area contributed by atoms with E-state index in [1.165, 1.54) is 19.3 Å². The standard InChI is InChI=1S/C20H40N4O3.HI/c1-8-21-16(23-15-20(10-9-11-20)12-13-26-7)22-14-19(5,6)24-17(25)27-18(2,3)4;/h8-15H2,1-7H3,(H,24,25)(H2,21,22,23);1H. The summed E-state index contributed by atoms with van der Waals surface area (Å²) in [4.78, 5) is 16.7. The van der Waals surface area contributed by atoms with Gasteiger partial charge in [0.2, 0.25) is 0 Å². The first-order valence-electron chi connectivity index (χ1n) is 10.0. The Morgan fingerprint density at radius 1 is 1.14 bits per heavy atom. The fourth-order valence-corrected chi connectivity index (χ4v) is 3.02. The monoisotopic (exact) mass is 512 g/mol. The first-order valence-corrected chi connectivity index (χ1v) is 10.0. The zero-order chi connectivity index (χ0) is 20.6. The van der Waals surface area contributed by atoms with Gasteiger partial charge in [0.05, 0.1) is 12.1 Å². The summed E-state index contributed by atoms with van der Waals surface area (Å²) < 4.78 is 10.6. The lowest BCUT2D eigenvalue weighted by molar-refractivity contribution is 0.0476. The van der Waals surface area contributed by atoms with E-state index in [4.69, 9.17) is 9.47 Å². The summed E-state index contributed by atoms with van der Waals surface area (Å²) in [5.41, 5.74) is -0.704. The van der Waals surface area contributed by atoms with Gasteiger partial charge in [-0.05, 0) is 66.2 Å². The molecule has 3 N–H and O–H groups in total. The molecule has 1 fully saturated rings. The van der Waals surface area contributed by atoms with Crippen LogP contribution < -0.4 is 16.0 Å². The van der Waals surface area contributed by atoms with Crippen molar-refractivity contribution in [2.75, 3.05) is 33.4 Å². The first kappa shape index (κ1) is 27.2. The summed E-state index contributed by atoms with van der Waals surface area (Å²) in [6.45, 7) is 14.4. The number of hydrogen-bond acceptors (Lipinski definition) is 4. The third-order valence-corrected chi connectivity index (χ3v) is 4.70. The molecule has 1 aliphatic carbocycles. The molecule has 7 nitrogen and oxygen atoms in total. The number of nitrogens with zero attached hydrogens (tertiary/aromatic N) is 1. The van der Waals surface area contributed by atoms with Crippen LogP contribution in [-0.2, 0) is 9.47 Å². The predicted molar refractivity (Wildman–Crippen MR) is 126 cm³/mol. The van der Waals surface area contributed by atoms with Gasteiger partial charge in [-0.25, -0.2) is 4.79 Å². The van der Waals surface area contributed by atoms with Crippen molar-refractivity contribution in [3.63, 3.8) is 0 Å². The minimum atomic E-state index is -0.515. The number of halogens is 1. The minimum Gasteiger partial charge on any atom is -0.444 e. The second kappa shape index (κ2) is 12.0. The molecule has 8 heteroatoms. The molecular weight excluding hydrogens is 471 g/mol. The van der Waals surface area contributed by atoms with Gasteiger partial charge in [-0.2, -0.15) is 0 Å². The van der Waals surface area contributed by atoms with E-state index >= 15 is 0 Å². The number of nitrogens with one attached hydrogen (secondary N) is 3. The molecule has 0 atom stereocenters. The zero-order valence-corrected chi connectivity index (χ0v) is 21.1. The predicted octanol–water partition coefficient (Wildman–Crippen LogP) is 3.67. The number of carbonyl (C=O) groups is 1. The molecule has 28 heavy (non-hydrogen) atoms. The molecule has 0 spiro atoms. The Balaban J connectivity index is 0.00000729. The van der Waals surface area contributed by atoms with Gasteiger partial charge in [0.1, 0.15) is 5.60 Å². The van der Waals surface area contributed by atoms with E-state index in [9.17, 15) is 4.79 Å². The zero-order valence-electron chi connectivity index (χ0n) is 18.7. The molecule has 0 heterocycles. The largest absolute Gasteiger partial charge is 0.444 e. The molecule has 0 aromatic rings. The number of hydrogen-bond donors (Lipinski definition) is 3. The van der Waals surface area contributed by atoms with Crippen LogP contribution in [0, 0.1) is 5.41 Å². The lowest BCUT2D eigenvalue weighted by Gasteiger charge is -2.42. The maximum Gasteiger partial charge on any atom is 0.408 e. The number of guanidine groups is 1. The van der Waals surface area contributed by atoms with Crippen LogP contribution in [0.3, 0.4) is 0 Å². The molecular formula is C20H41IN4O3. The normalized spacial score (nSPS) is 16.5. The van der Waals surface area contributed by atoms with Crippen molar-refractivity contribution >= 4 is 36.0 Å². The van der Waals surface area contributed by atoms with Crippen molar-refractivity contribution in [2.45, 2.75) is 78.4 Å². The second-order valence-electron chi connectivity index (χ2n) is 9.16. The number of aliphatic imine (C=N–C) groups is 1.